The number of rotatable bonds is 9. The molecule has 0 spiro atoms. The quantitative estimate of drug-likeness (QED) is 0.248. The predicted octanol–water partition coefficient (Wildman–Crippen LogP) is 6.00. The van der Waals surface area contributed by atoms with Gasteiger partial charge < -0.3 is 19.9 Å². The van der Waals surface area contributed by atoms with Gasteiger partial charge in [0.05, 0.1) is 25.3 Å². The number of aromatic carboxylic acids is 1. The molecule has 2 heterocycles. The van der Waals surface area contributed by atoms with E-state index in [1.165, 1.54) is 11.3 Å². The maximum Gasteiger partial charge on any atom is 0.335 e. The first-order valence-electron chi connectivity index (χ1n) is 11.6. The number of carboxylic acids is 1. The molecular weight excluding hydrogens is 488 g/mol. The van der Waals surface area contributed by atoms with Crippen molar-refractivity contribution in [3.05, 3.63) is 88.9 Å². The molecule has 0 bridgehead atoms. The zero-order valence-corrected chi connectivity index (χ0v) is 21.1. The van der Waals surface area contributed by atoms with Gasteiger partial charge in [-0.1, -0.05) is 30.3 Å². The molecule has 2 N–H and O–H groups in total. The van der Waals surface area contributed by atoms with Gasteiger partial charge in [0.1, 0.15) is 10.3 Å². The van der Waals surface area contributed by atoms with E-state index in [0.717, 1.165) is 40.0 Å². The van der Waals surface area contributed by atoms with Gasteiger partial charge in [-0.3, -0.25) is 0 Å². The molecule has 0 atom stereocenters. The van der Waals surface area contributed by atoms with Crippen molar-refractivity contribution >= 4 is 39.2 Å². The fourth-order valence-corrected chi connectivity index (χ4v) is 4.66. The highest BCUT2D eigenvalue weighted by atomic mass is 32.1. The van der Waals surface area contributed by atoms with E-state index in [4.69, 9.17) is 24.5 Å². The van der Waals surface area contributed by atoms with E-state index in [9.17, 15) is 4.79 Å². The smallest absolute Gasteiger partial charge is 0.335 e. The lowest BCUT2D eigenvalue weighted by atomic mass is 10.0. The molecule has 0 aliphatic carbocycles. The zero-order valence-electron chi connectivity index (χ0n) is 20.3. The Morgan fingerprint density at radius 2 is 1.70 bits per heavy atom. The number of anilines is 2. The summed E-state index contributed by atoms with van der Waals surface area (Å²) in [6.45, 7) is 0. The number of ether oxygens (including phenoxy) is 2. The SMILES string of the molecule is COc1ccc(Nc2nc(-c3cccc(CCc4ccc(C(=O)O)cc4)c3)nc3scnc23)cc1OC. The van der Waals surface area contributed by atoms with Crippen LogP contribution in [0.1, 0.15) is 21.5 Å². The summed E-state index contributed by atoms with van der Waals surface area (Å²) in [5, 5.41) is 12.5. The molecule has 2 aromatic heterocycles. The van der Waals surface area contributed by atoms with Crippen LogP contribution in [-0.2, 0) is 12.8 Å². The lowest BCUT2D eigenvalue weighted by Gasteiger charge is -2.12. The van der Waals surface area contributed by atoms with Crippen LogP contribution in [0.4, 0.5) is 11.5 Å². The molecule has 0 saturated heterocycles. The third-order valence-electron chi connectivity index (χ3n) is 5.93. The Morgan fingerprint density at radius 3 is 2.46 bits per heavy atom. The summed E-state index contributed by atoms with van der Waals surface area (Å²) in [7, 11) is 3.20. The molecule has 0 fully saturated rings. The topological polar surface area (TPSA) is 106 Å². The Morgan fingerprint density at radius 1 is 0.919 bits per heavy atom. The number of carboxylic acid groups (broad SMARTS) is 1. The first kappa shape index (κ1) is 24.2. The molecule has 0 aliphatic heterocycles. The number of aryl methyl sites for hydroxylation is 2. The van der Waals surface area contributed by atoms with E-state index in [-0.39, 0.29) is 0 Å². The second kappa shape index (κ2) is 10.6. The van der Waals surface area contributed by atoms with Crippen LogP contribution in [0.15, 0.2) is 72.2 Å². The van der Waals surface area contributed by atoms with Crippen LogP contribution < -0.4 is 14.8 Å². The van der Waals surface area contributed by atoms with E-state index in [1.54, 1.807) is 31.9 Å². The number of hydrogen-bond acceptors (Lipinski definition) is 8. The zero-order chi connectivity index (χ0) is 25.8. The van der Waals surface area contributed by atoms with E-state index >= 15 is 0 Å². The van der Waals surface area contributed by atoms with Gasteiger partial charge >= 0.3 is 5.97 Å². The maximum absolute atomic E-state index is 11.1. The van der Waals surface area contributed by atoms with Crippen molar-refractivity contribution < 1.29 is 19.4 Å². The van der Waals surface area contributed by atoms with Gasteiger partial charge in [-0.2, -0.15) is 0 Å². The summed E-state index contributed by atoms with van der Waals surface area (Å²) in [6, 6.07) is 20.7. The highest BCUT2D eigenvalue weighted by Crippen LogP contribution is 2.33. The van der Waals surface area contributed by atoms with Crippen LogP contribution in [0.5, 0.6) is 11.5 Å². The number of thiazole rings is 1. The van der Waals surface area contributed by atoms with E-state index in [1.807, 2.05) is 42.5 Å². The molecule has 0 aliphatic rings. The Labute approximate surface area is 217 Å². The molecule has 8 nitrogen and oxygen atoms in total. The van der Waals surface area contributed by atoms with Gasteiger partial charge in [0.15, 0.2) is 23.1 Å². The molecule has 0 amide bonds. The van der Waals surface area contributed by atoms with Crippen LogP contribution in [0, 0.1) is 0 Å². The first-order chi connectivity index (χ1) is 18.0. The maximum atomic E-state index is 11.1. The van der Waals surface area contributed by atoms with Gasteiger partial charge in [-0.15, -0.1) is 11.3 Å². The fourth-order valence-electron chi connectivity index (χ4n) is 4.00. The highest BCUT2D eigenvalue weighted by molar-refractivity contribution is 7.16. The molecule has 5 aromatic rings. The summed E-state index contributed by atoms with van der Waals surface area (Å²) in [4.78, 5) is 25.9. The van der Waals surface area contributed by atoms with E-state index in [2.05, 4.69) is 22.4 Å². The average Bonchev–Trinajstić information content (AvgIpc) is 3.41. The largest absolute Gasteiger partial charge is 0.493 e. The first-order valence-corrected chi connectivity index (χ1v) is 12.4. The lowest BCUT2D eigenvalue weighted by Crippen LogP contribution is -2.00. The van der Waals surface area contributed by atoms with Crippen LogP contribution in [0.3, 0.4) is 0 Å². The van der Waals surface area contributed by atoms with E-state index < -0.39 is 5.97 Å². The van der Waals surface area contributed by atoms with Crippen molar-refractivity contribution in [1.29, 1.82) is 0 Å². The Hall–Kier alpha value is -4.50. The van der Waals surface area contributed by atoms with Crippen molar-refractivity contribution in [3.63, 3.8) is 0 Å². The average molecular weight is 513 g/mol. The molecule has 186 valence electrons. The summed E-state index contributed by atoms with van der Waals surface area (Å²) >= 11 is 1.46. The molecule has 5 rings (SSSR count). The number of benzene rings is 3. The number of aromatic nitrogens is 3. The standard InChI is InChI=1S/C28H24N4O4S/c1-35-22-13-12-21(15-23(22)36-2)30-26-24-27(37-16-29-24)32-25(31-26)20-5-3-4-18(14-20)7-6-17-8-10-19(11-9-17)28(33)34/h3-5,8-16H,6-7H2,1-2H3,(H,33,34)(H,30,31,32). The van der Waals surface area contributed by atoms with Crippen molar-refractivity contribution in [2.45, 2.75) is 12.8 Å². The van der Waals surface area contributed by atoms with Gasteiger partial charge in [0.25, 0.3) is 0 Å². The van der Waals surface area contributed by atoms with E-state index in [0.29, 0.717) is 34.2 Å². The molecule has 0 unspecified atom stereocenters. The second-order valence-corrected chi connectivity index (χ2v) is 9.13. The third-order valence-corrected chi connectivity index (χ3v) is 6.65. The Balaban J connectivity index is 1.40. The Bertz CT molecular complexity index is 1570. The van der Waals surface area contributed by atoms with Crippen LogP contribution in [0.2, 0.25) is 0 Å². The number of carbonyl (C=O) groups is 1. The second-order valence-electron chi connectivity index (χ2n) is 8.30. The van der Waals surface area contributed by atoms with Crippen molar-refractivity contribution in [2.75, 3.05) is 19.5 Å². The van der Waals surface area contributed by atoms with Gasteiger partial charge in [0.2, 0.25) is 0 Å². The third kappa shape index (κ3) is 5.36. The highest BCUT2D eigenvalue weighted by Gasteiger charge is 2.14. The minimum Gasteiger partial charge on any atom is -0.493 e. The van der Waals surface area contributed by atoms with Crippen LogP contribution in [0.25, 0.3) is 21.7 Å². The summed E-state index contributed by atoms with van der Waals surface area (Å²) in [5.41, 5.74) is 6.67. The van der Waals surface area contributed by atoms with Gasteiger partial charge in [-0.05, 0) is 54.3 Å². The number of methoxy groups -OCH3 is 2. The minimum absolute atomic E-state index is 0.291. The number of nitrogens with one attached hydrogen (secondary N) is 1. The monoisotopic (exact) mass is 512 g/mol. The lowest BCUT2D eigenvalue weighted by molar-refractivity contribution is 0.0697. The number of hydrogen-bond donors (Lipinski definition) is 2. The predicted molar refractivity (Wildman–Crippen MR) is 144 cm³/mol. The number of fused-ring (bicyclic) bond motifs is 1. The molecule has 0 radical (unpaired) electrons. The molecular formula is C28H24N4O4S. The van der Waals surface area contributed by atoms with Crippen molar-refractivity contribution in [2.24, 2.45) is 0 Å². The molecule has 9 heteroatoms. The minimum atomic E-state index is -0.919. The van der Waals surface area contributed by atoms with Crippen LogP contribution >= 0.6 is 11.3 Å². The normalized spacial score (nSPS) is 10.9. The van der Waals surface area contributed by atoms with Gasteiger partial charge in [0, 0.05) is 17.3 Å². The van der Waals surface area contributed by atoms with Crippen molar-refractivity contribution in [1.82, 2.24) is 15.0 Å². The van der Waals surface area contributed by atoms with Gasteiger partial charge in [-0.25, -0.2) is 19.7 Å². The summed E-state index contributed by atoms with van der Waals surface area (Å²) in [6.07, 6.45) is 1.60. The van der Waals surface area contributed by atoms with Crippen molar-refractivity contribution in [3.8, 4) is 22.9 Å². The molecule has 0 saturated carbocycles. The molecule has 37 heavy (non-hydrogen) atoms. The summed E-state index contributed by atoms with van der Waals surface area (Å²) < 4.78 is 10.8. The Kier molecular flexibility index (Phi) is 6.96. The number of nitrogens with zero attached hydrogens (tertiary/aromatic N) is 3. The summed E-state index contributed by atoms with van der Waals surface area (Å²) in [5.74, 6) is 1.55. The fraction of sp³-hybridized carbons (Fsp3) is 0.143. The van der Waals surface area contributed by atoms with Crippen LogP contribution in [-0.4, -0.2) is 40.2 Å². The molecule has 3 aromatic carbocycles.